The molecular formula is C69H88N10O18S. The molecule has 1 unspecified atom stereocenters. The van der Waals surface area contributed by atoms with E-state index in [0.717, 1.165) is 41.9 Å². The van der Waals surface area contributed by atoms with Crippen molar-refractivity contribution in [2.45, 2.75) is 129 Å². The van der Waals surface area contributed by atoms with E-state index in [1.54, 1.807) is 61.4 Å². The number of sulfone groups is 1. The highest BCUT2D eigenvalue weighted by molar-refractivity contribution is 7.92. The third-order valence-corrected chi connectivity index (χ3v) is 20.0. The minimum absolute atomic E-state index is 0.00155. The van der Waals surface area contributed by atoms with E-state index in [-0.39, 0.29) is 124 Å². The lowest BCUT2D eigenvalue weighted by Gasteiger charge is -2.31. The highest BCUT2D eigenvalue weighted by Gasteiger charge is 2.51. The fourth-order valence-electron chi connectivity index (χ4n) is 13.2. The summed E-state index contributed by atoms with van der Waals surface area (Å²) in [5.74, 6) is -2.40. The molecule has 0 spiro atoms. The molecule has 28 nitrogen and oxygen atoms in total. The van der Waals surface area contributed by atoms with Crippen LogP contribution in [0.4, 0.5) is 21.9 Å². The van der Waals surface area contributed by atoms with E-state index in [4.69, 9.17) is 37.9 Å². The molecule has 528 valence electrons. The first-order chi connectivity index (χ1) is 46.9. The maximum absolute atomic E-state index is 14.3. The summed E-state index contributed by atoms with van der Waals surface area (Å²) in [6, 6.07) is 9.66. The number of aryl methyl sites for hydroxylation is 1. The molecule has 1 saturated carbocycles. The van der Waals surface area contributed by atoms with Crippen LogP contribution in [0.25, 0.3) is 0 Å². The Morgan fingerprint density at radius 3 is 2.11 bits per heavy atom. The predicted molar refractivity (Wildman–Crippen MR) is 358 cm³/mol. The number of aliphatic hydroxyl groups excluding tert-OH is 1. The van der Waals surface area contributed by atoms with Crippen LogP contribution in [0.2, 0.25) is 0 Å². The van der Waals surface area contributed by atoms with Crippen LogP contribution < -0.4 is 39.8 Å². The molecule has 8 atom stereocenters. The van der Waals surface area contributed by atoms with Gasteiger partial charge in [-0.05, 0) is 119 Å². The van der Waals surface area contributed by atoms with Crippen molar-refractivity contribution in [2.75, 3.05) is 95.3 Å². The van der Waals surface area contributed by atoms with Gasteiger partial charge in [0.2, 0.25) is 17.7 Å². The Hall–Kier alpha value is -8.93. The monoisotopic (exact) mass is 1380 g/mol. The second kappa shape index (κ2) is 31.7. The Morgan fingerprint density at radius 2 is 1.41 bits per heavy atom. The minimum atomic E-state index is -3.74. The van der Waals surface area contributed by atoms with Gasteiger partial charge in [0.25, 0.3) is 11.8 Å². The van der Waals surface area contributed by atoms with Gasteiger partial charge in [0.15, 0.2) is 39.1 Å². The molecule has 0 radical (unpaired) electrons. The molecule has 3 fully saturated rings. The molecule has 4 aromatic rings. The van der Waals surface area contributed by atoms with Gasteiger partial charge in [-0.15, -0.1) is 5.10 Å². The maximum Gasteiger partial charge on any atom is 0.416 e. The number of aliphatic imine (C=N–C) groups is 1. The van der Waals surface area contributed by atoms with E-state index in [1.807, 2.05) is 4.68 Å². The number of aromatic nitrogens is 3. The molecule has 0 bridgehead atoms. The van der Waals surface area contributed by atoms with Gasteiger partial charge in [-0.1, -0.05) is 55.5 Å². The number of nitrogens with one attached hydrogen (secondary N) is 3. The highest BCUT2D eigenvalue weighted by atomic mass is 32.2. The molecule has 6 aliphatic rings. The molecule has 10 rings (SSSR count). The summed E-state index contributed by atoms with van der Waals surface area (Å²) in [6.07, 6.45) is 4.11. The minimum Gasteiger partial charge on any atom is -0.493 e. The van der Waals surface area contributed by atoms with Gasteiger partial charge >= 0.3 is 12.1 Å². The zero-order valence-corrected chi connectivity index (χ0v) is 57.3. The highest BCUT2D eigenvalue weighted by Crippen LogP contribution is 2.53. The first-order valence-electron chi connectivity index (χ1n) is 33.2. The van der Waals surface area contributed by atoms with Gasteiger partial charge in [0, 0.05) is 56.2 Å². The van der Waals surface area contributed by atoms with Gasteiger partial charge in [0.05, 0.1) is 99.0 Å². The van der Waals surface area contributed by atoms with Crippen LogP contribution in [0, 0.1) is 23.7 Å². The van der Waals surface area contributed by atoms with Gasteiger partial charge in [-0.3, -0.25) is 33.8 Å². The molecular weight excluding hydrogens is 1290 g/mol. The van der Waals surface area contributed by atoms with Crippen molar-refractivity contribution in [1.29, 1.82) is 0 Å². The molecule has 5 heterocycles. The number of fused-ring (bicyclic) bond motifs is 6. The Kier molecular flexibility index (Phi) is 23.3. The van der Waals surface area contributed by atoms with Gasteiger partial charge in [-0.2, -0.15) is 0 Å². The molecule has 4 N–H and O–H groups in total. The zero-order valence-electron chi connectivity index (χ0n) is 56.5. The Bertz CT molecular complexity index is 3820. The normalized spacial score (nSPS) is 20.7. The topological polar surface area (TPSA) is 337 Å². The second-order valence-electron chi connectivity index (χ2n) is 26.2. The first kappa shape index (κ1) is 71.8. The van der Waals surface area contributed by atoms with Crippen LogP contribution in [0.15, 0.2) is 77.8 Å². The lowest BCUT2D eigenvalue weighted by molar-refractivity contribution is -0.141. The molecule has 2 aliphatic carbocycles. The summed E-state index contributed by atoms with van der Waals surface area (Å²) in [5.41, 5.74) is 5.61. The number of hydrogen-bond acceptors (Lipinski definition) is 21. The maximum atomic E-state index is 14.3. The van der Waals surface area contributed by atoms with Crippen molar-refractivity contribution in [3.8, 4) is 23.0 Å². The lowest BCUT2D eigenvalue weighted by atomic mass is 10.0. The lowest BCUT2D eigenvalue weighted by Crippen LogP contribution is -2.54. The Labute approximate surface area is 569 Å². The standard InChI is InChI=1S/C69H88N10O18S/c1-39(2)63(73-61(80)37-93-24-23-92-20-11-25-98(88,89)38-62(81)96-36-51-47-16-18-52-54(19-17-48(47)51)79(40(3)4)75-74-52)65(83)71-43(7)64(82)72-45-14-12-44(13-15-45)35-97-69(87)78-55-31-60(58(91-9)29-50(55)67(85)77-34-42(6)27-56(77)68(78)86)95-22-10-21-94-59-30-53-49(28-57(59)90-8)66(84)76-33-41(5)26-46(76)32-70-53/h12-15,28-32,39-40,43,46-48,51,56,63,68,86H,5-6,10-11,16-27,33-38H2,1-4,7-9H3,(H,71,83)(H,72,82)(H,73,80)/t43-,46-,47+,48-,51?,56-,63-,68-/m0/s1. The molecule has 6 amide bonds. The van der Waals surface area contributed by atoms with E-state index >= 15 is 0 Å². The SMILES string of the molecule is C=C1C[C@H]2C=Nc3cc(OCCCOc4cc5c(cc4OC)C(=O)N4CC(=C)C[C@H]4[C@H](O)N5C(=O)OCc4ccc(NC(=O)[C@H](C)NC(=O)[C@@H](NC(=O)COCCOCCCS(=O)(=O)CC(=O)OCC5[C@H]6CCc7c(nnn7C(C)C)CC[C@@H]56)C(C)C)cc4)c(OC)cc3C(=O)N2C1. The van der Waals surface area contributed by atoms with Crippen molar-refractivity contribution >= 4 is 74.7 Å². The number of hydrogen-bond donors (Lipinski definition) is 4. The number of nitrogens with zero attached hydrogens (tertiary/aromatic N) is 7. The van der Waals surface area contributed by atoms with Crippen LogP contribution in [-0.4, -0.2) is 202 Å². The van der Waals surface area contributed by atoms with E-state index < -0.39 is 82.2 Å². The van der Waals surface area contributed by atoms with Gasteiger partial charge < -0.3 is 68.8 Å². The number of carbonyl (C=O) groups is 7. The van der Waals surface area contributed by atoms with Crippen molar-refractivity contribution in [2.24, 2.45) is 28.7 Å². The van der Waals surface area contributed by atoms with Crippen molar-refractivity contribution < 1.29 is 85.0 Å². The molecule has 1 aromatic heterocycles. The van der Waals surface area contributed by atoms with Crippen LogP contribution in [0.3, 0.4) is 0 Å². The third-order valence-electron chi connectivity index (χ3n) is 18.4. The first-order valence-corrected chi connectivity index (χ1v) is 35.0. The van der Waals surface area contributed by atoms with Crippen molar-refractivity contribution in [3.63, 3.8) is 0 Å². The number of amides is 6. The van der Waals surface area contributed by atoms with E-state index in [9.17, 15) is 47.1 Å². The second-order valence-corrected chi connectivity index (χ2v) is 28.4. The summed E-state index contributed by atoms with van der Waals surface area (Å²) in [4.78, 5) is 103. The van der Waals surface area contributed by atoms with Crippen molar-refractivity contribution in [3.05, 3.63) is 101 Å². The molecule has 4 aliphatic heterocycles. The number of carbonyl (C=O) groups excluding carboxylic acids is 7. The molecule has 2 saturated heterocycles. The quantitative estimate of drug-likeness (QED) is 0.0270. The molecule has 29 heteroatoms. The number of ether oxygens (including phenoxy) is 8. The smallest absolute Gasteiger partial charge is 0.416 e. The van der Waals surface area contributed by atoms with E-state index in [0.29, 0.717) is 70.8 Å². The number of rotatable bonds is 30. The molecule has 98 heavy (non-hydrogen) atoms. The van der Waals surface area contributed by atoms with Crippen LogP contribution in [0.1, 0.15) is 117 Å². The number of aliphatic hydroxyl groups is 1. The van der Waals surface area contributed by atoms with E-state index in [1.165, 1.54) is 43.9 Å². The van der Waals surface area contributed by atoms with E-state index in [2.05, 4.69) is 58.3 Å². The Morgan fingerprint density at radius 1 is 0.745 bits per heavy atom. The summed E-state index contributed by atoms with van der Waals surface area (Å²) >= 11 is 0. The van der Waals surface area contributed by atoms with Crippen molar-refractivity contribution in [1.82, 2.24) is 35.4 Å². The fourth-order valence-corrected chi connectivity index (χ4v) is 14.3. The zero-order chi connectivity index (χ0) is 70.1. The Balaban J connectivity index is 0.635. The number of anilines is 2. The fraction of sp³-hybridized carbons (Fsp3) is 0.536. The van der Waals surface area contributed by atoms with Crippen LogP contribution in [-0.2, 0) is 67.4 Å². The largest absolute Gasteiger partial charge is 0.493 e. The number of benzene rings is 3. The van der Waals surface area contributed by atoms with Gasteiger partial charge in [-0.25, -0.2) is 22.8 Å². The summed E-state index contributed by atoms with van der Waals surface area (Å²) in [6.45, 7) is 17.7. The average Bonchev–Trinajstić information content (AvgIpc) is 1.57. The van der Waals surface area contributed by atoms with Crippen LogP contribution in [0.5, 0.6) is 23.0 Å². The van der Waals surface area contributed by atoms with Crippen LogP contribution >= 0.6 is 0 Å². The number of methoxy groups -OCH3 is 2. The summed E-state index contributed by atoms with van der Waals surface area (Å²) in [5, 5.41) is 28.7. The summed E-state index contributed by atoms with van der Waals surface area (Å²) < 4.78 is 73.2. The van der Waals surface area contributed by atoms with Gasteiger partial charge in [0.1, 0.15) is 31.1 Å². The molecule has 3 aromatic carbocycles. The predicted octanol–water partition coefficient (Wildman–Crippen LogP) is 5.86. The summed E-state index contributed by atoms with van der Waals surface area (Å²) in [7, 11) is -0.842. The third kappa shape index (κ3) is 17.1. The number of esters is 1. The average molecular weight is 1380 g/mol.